The molecule has 1 fully saturated rings. The summed E-state index contributed by atoms with van der Waals surface area (Å²) in [6.45, 7) is 2.82. The number of aryl methyl sites for hydroxylation is 1. The summed E-state index contributed by atoms with van der Waals surface area (Å²) in [6, 6.07) is 2.43. The van der Waals surface area contributed by atoms with Gasteiger partial charge in [0.15, 0.2) is 0 Å². The molecule has 1 aromatic heterocycles. The smallest absolute Gasteiger partial charge is 0.323 e. The van der Waals surface area contributed by atoms with E-state index in [0.717, 1.165) is 23.5 Å². The molecule has 1 N–H and O–H groups in total. The monoisotopic (exact) mass is 407 g/mol. The van der Waals surface area contributed by atoms with E-state index in [1.807, 2.05) is 0 Å². The molecule has 0 spiro atoms. The number of nitrogens with zero attached hydrogens (tertiary/aromatic N) is 4. The van der Waals surface area contributed by atoms with Crippen molar-refractivity contribution in [3.05, 3.63) is 40.7 Å². The molecule has 0 unspecified atom stereocenters. The summed E-state index contributed by atoms with van der Waals surface area (Å²) >= 11 is 1.14. The minimum Gasteiger partial charge on any atom is -0.377 e. The molecule has 2 heterocycles. The number of hydrogen-bond donors (Lipinski definition) is 1. The third-order valence-electron chi connectivity index (χ3n) is 4.59. The summed E-state index contributed by atoms with van der Waals surface area (Å²) in [4.78, 5) is 19.9. The second-order valence-electron chi connectivity index (χ2n) is 6.94. The Kier molecular flexibility index (Phi) is 6.23. The number of carbonyl (C=O) groups is 1. The van der Waals surface area contributed by atoms with E-state index in [4.69, 9.17) is 0 Å². The maximum atomic E-state index is 14.4. The topological polar surface area (TPSA) is 61.4 Å². The van der Waals surface area contributed by atoms with E-state index in [-0.39, 0.29) is 11.6 Å². The maximum absolute atomic E-state index is 14.4. The first kappa shape index (κ1) is 20.2. The number of nitrogens with one attached hydrogen (secondary N) is 1. The van der Waals surface area contributed by atoms with Crippen LogP contribution in [0.2, 0.25) is 0 Å². The largest absolute Gasteiger partial charge is 0.377 e. The van der Waals surface area contributed by atoms with Crippen LogP contribution in [-0.4, -0.2) is 47.5 Å². The molecular weight excluding hydrogens is 384 g/mol. The molecule has 3 rings (SSSR count). The Balaban J connectivity index is 1.69. The van der Waals surface area contributed by atoms with Gasteiger partial charge in [-0.15, -0.1) is 0 Å². The van der Waals surface area contributed by atoms with Gasteiger partial charge < -0.3 is 9.80 Å². The zero-order valence-corrected chi connectivity index (χ0v) is 16.9. The van der Waals surface area contributed by atoms with Crippen molar-refractivity contribution in [2.45, 2.75) is 26.2 Å². The quantitative estimate of drug-likeness (QED) is 0.824. The highest BCUT2D eigenvalue weighted by molar-refractivity contribution is 7.09. The lowest BCUT2D eigenvalue weighted by Gasteiger charge is -2.19. The predicted octanol–water partition coefficient (Wildman–Crippen LogP) is 4.29. The van der Waals surface area contributed by atoms with Crippen LogP contribution in [0.5, 0.6) is 0 Å². The molecule has 0 radical (unpaired) electrons. The lowest BCUT2D eigenvalue weighted by molar-refractivity contribution is 0.214. The molecule has 6 nitrogen and oxygen atoms in total. The van der Waals surface area contributed by atoms with E-state index < -0.39 is 11.6 Å². The average Bonchev–Trinajstić information content (AvgIpc) is 2.90. The van der Waals surface area contributed by atoms with E-state index in [1.165, 1.54) is 12.1 Å². The van der Waals surface area contributed by atoms with Gasteiger partial charge in [0.1, 0.15) is 17.5 Å². The van der Waals surface area contributed by atoms with Gasteiger partial charge in [0.2, 0.25) is 5.13 Å². The number of aromatic nitrogens is 2. The van der Waals surface area contributed by atoms with Crippen molar-refractivity contribution < 1.29 is 13.6 Å². The van der Waals surface area contributed by atoms with Crippen LogP contribution in [0.25, 0.3) is 6.08 Å². The molecule has 1 aliphatic heterocycles. The van der Waals surface area contributed by atoms with Gasteiger partial charge in [0.25, 0.3) is 0 Å². The molecule has 2 amide bonds. The van der Waals surface area contributed by atoms with Gasteiger partial charge in [0.05, 0.1) is 0 Å². The van der Waals surface area contributed by atoms with Gasteiger partial charge in [-0.25, -0.2) is 18.6 Å². The molecule has 0 atom stereocenters. The number of amides is 2. The van der Waals surface area contributed by atoms with Gasteiger partial charge in [-0.3, -0.25) is 5.32 Å². The fourth-order valence-corrected chi connectivity index (χ4v) is 3.61. The number of hydrogen-bond acceptors (Lipinski definition) is 5. The highest BCUT2D eigenvalue weighted by atomic mass is 32.1. The Hall–Kier alpha value is -2.55. The van der Waals surface area contributed by atoms with Crippen LogP contribution >= 0.6 is 11.5 Å². The van der Waals surface area contributed by atoms with Crippen molar-refractivity contribution >= 4 is 34.5 Å². The SMILES string of the molecule is Cc1nsc(NC(=O)N2CCC/C(=C/c3c(F)cc(N(C)C)cc3F)CC2)n1. The fraction of sp³-hybridized carbons (Fsp3) is 0.421. The van der Waals surface area contributed by atoms with E-state index in [0.29, 0.717) is 42.6 Å². The lowest BCUT2D eigenvalue weighted by Crippen LogP contribution is -2.35. The first-order valence-corrected chi connectivity index (χ1v) is 9.83. The van der Waals surface area contributed by atoms with Crippen molar-refractivity contribution in [1.82, 2.24) is 14.3 Å². The molecular formula is C19H23F2N5OS. The summed E-state index contributed by atoms with van der Waals surface area (Å²) < 4.78 is 32.8. The standard InChI is InChI=1S/C19H23F2N5OS/c1-12-22-18(28-24-12)23-19(27)26-7-4-5-13(6-8-26)9-15-16(20)10-14(25(2)3)11-17(15)21/h9-11H,4-8H2,1-3H3,(H,22,23,24,27)/b13-9-. The second kappa shape index (κ2) is 8.64. The highest BCUT2D eigenvalue weighted by Crippen LogP contribution is 2.26. The third-order valence-corrected chi connectivity index (χ3v) is 5.31. The maximum Gasteiger partial charge on any atom is 0.323 e. The molecule has 9 heteroatoms. The molecule has 150 valence electrons. The summed E-state index contributed by atoms with van der Waals surface area (Å²) in [5, 5.41) is 3.21. The molecule has 1 aliphatic rings. The normalized spacial score (nSPS) is 16.2. The van der Waals surface area contributed by atoms with E-state index >= 15 is 0 Å². The first-order chi connectivity index (χ1) is 13.3. The van der Waals surface area contributed by atoms with Gasteiger partial charge in [0, 0.05) is 50.0 Å². The average molecular weight is 407 g/mol. The zero-order valence-electron chi connectivity index (χ0n) is 16.1. The minimum atomic E-state index is -0.582. The number of halogens is 2. The Morgan fingerprint density at radius 3 is 2.57 bits per heavy atom. The van der Waals surface area contributed by atoms with Crippen molar-refractivity contribution in [3.8, 4) is 0 Å². The number of urea groups is 1. The number of likely N-dealkylation sites (tertiary alicyclic amines) is 1. The van der Waals surface area contributed by atoms with Crippen LogP contribution in [0.4, 0.5) is 24.4 Å². The van der Waals surface area contributed by atoms with E-state index in [2.05, 4.69) is 14.7 Å². The summed E-state index contributed by atoms with van der Waals surface area (Å²) in [5.74, 6) is -0.547. The molecule has 2 aromatic rings. The number of benzene rings is 1. The van der Waals surface area contributed by atoms with Crippen molar-refractivity contribution in [2.24, 2.45) is 0 Å². The Labute approximate surface area is 167 Å². The summed E-state index contributed by atoms with van der Waals surface area (Å²) in [5.41, 5.74) is 1.38. The first-order valence-electron chi connectivity index (χ1n) is 9.05. The number of anilines is 2. The van der Waals surface area contributed by atoms with Crippen molar-refractivity contribution in [2.75, 3.05) is 37.4 Å². The minimum absolute atomic E-state index is 0.0252. The van der Waals surface area contributed by atoms with Crippen molar-refractivity contribution in [3.63, 3.8) is 0 Å². The molecule has 0 aliphatic carbocycles. The van der Waals surface area contributed by atoms with Crippen LogP contribution < -0.4 is 10.2 Å². The molecule has 1 aromatic carbocycles. The van der Waals surface area contributed by atoms with Gasteiger partial charge in [-0.1, -0.05) is 5.57 Å². The lowest BCUT2D eigenvalue weighted by atomic mass is 10.0. The number of carbonyl (C=O) groups excluding carboxylic acids is 1. The Morgan fingerprint density at radius 2 is 1.96 bits per heavy atom. The van der Waals surface area contributed by atoms with E-state index in [9.17, 15) is 13.6 Å². The van der Waals surface area contributed by atoms with E-state index in [1.54, 1.807) is 36.9 Å². The van der Waals surface area contributed by atoms with Crippen LogP contribution in [-0.2, 0) is 0 Å². The summed E-state index contributed by atoms with van der Waals surface area (Å²) in [7, 11) is 3.47. The van der Waals surface area contributed by atoms with Crippen LogP contribution in [0, 0.1) is 18.6 Å². The second-order valence-corrected chi connectivity index (χ2v) is 7.69. The Bertz CT molecular complexity index is 873. The number of rotatable bonds is 3. The Morgan fingerprint density at radius 1 is 1.25 bits per heavy atom. The van der Waals surface area contributed by atoms with Gasteiger partial charge in [-0.2, -0.15) is 4.37 Å². The molecule has 1 saturated heterocycles. The molecule has 0 bridgehead atoms. The molecule has 0 saturated carbocycles. The van der Waals surface area contributed by atoms with Crippen LogP contribution in [0.15, 0.2) is 17.7 Å². The van der Waals surface area contributed by atoms with Crippen LogP contribution in [0.1, 0.15) is 30.7 Å². The fourth-order valence-electron chi connectivity index (χ4n) is 3.05. The van der Waals surface area contributed by atoms with Gasteiger partial charge in [-0.05, 0) is 44.4 Å². The third kappa shape index (κ3) is 4.83. The van der Waals surface area contributed by atoms with Crippen LogP contribution in [0.3, 0.4) is 0 Å². The molecule has 28 heavy (non-hydrogen) atoms. The zero-order chi connectivity index (χ0) is 20.3. The predicted molar refractivity (Wildman–Crippen MR) is 108 cm³/mol. The van der Waals surface area contributed by atoms with Gasteiger partial charge >= 0.3 is 6.03 Å². The highest BCUT2D eigenvalue weighted by Gasteiger charge is 2.19. The van der Waals surface area contributed by atoms with Crippen molar-refractivity contribution in [1.29, 1.82) is 0 Å². The summed E-state index contributed by atoms with van der Waals surface area (Å²) in [6.07, 6.45) is 3.57.